The average molecular weight is 367 g/mol. The zero-order valence-electron chi connectivity index (χ0n) is 12.8. The van der Waals surface area contributed by atoms with Crippen LogP contribution in [0.3, 0.4) is 0 Å². The van der Waals surface area contributed by atoms with Crippen LogP contribution >= 0.6 is 23.2 Å². The van der Waals surface area contributed by atoms with E-state index in [9.17, 15) is 13.2 Å². The van der Waals surface area contributed by atoms with Gasteiger partial charge in [-0.25, -0.2) is 8.42 Å². The van der Waals surface area contributed by atoms with E-state index in [1.807, 2.05) is 13.8 Å². The van der Waals surface area contributed by atoms with Crippen LogP contribution in [0.25, 0.3) is 0 Å². The number of nitrogens with one attached hydrogen (secondary N) is 1. The SMILES string of the molecule is CC(C)CCN(CC(=O)Nc1c(Cl)cccc1Cl)S(C)(=O)=O. The zero-order valence-corrected chi connectivity index (χ0v) is 15.1. The lowest BCUT2D eigenvalue weighted by Gasteiger charge is -2.20. The molecular formula is C14H20Cl2N2O3S. The molecule has 124 valence electrons. The molecule has 1 rings (SSSR count). The second-order valence-corrected chi connectivity index (χ2v) is 8.22. The first-order chi connectivity index (χ1) is 10.1. The van der Waals surface area contributed by atoms with Gasteiger partial charge in [0.15, 0.2) is 0 Å². The summed E-state index contributed by atoms with van der Waals surface area (Å²) in [4.78, 5) is 12.1. The molecule has 0 saturated carbocycles. The van der Waals surface area contributed by atoms with E-state index in [0.717, 1.165) is 10.6 Å². The first-order valence-corrected chi connectivity index (χ1v) is 9.40. The van der Waals surface area contributed by atoms with E-state index in [2.05, 4.69) is 5.32 Å². The summed E-state index contributed by atoms with van der Waals surface area (Å²) < 4.78 is 24.7. The van der Waals surface area contributed by atoms with Gasteiger partial charge in [0.05, 0.1) is 28.5 Å². The number of carbonyl (C=O) groups is 1. The van der Waals surface area contributed by atoms with Crippen molar-refractivity contribution in [1.29, 1.82) is 0 Å². The van der Waals surface area contributed by atoms with Crippen molar-refractivity contribution < 1.29 is 13.2 Å². The molecule has 0 bridgehead atoms. The Hall–Kier alpha value is -0.820. The number of para-hydroxylation sites is 1. The third-order valence-corrected chi connectivity index (χ3v) is 4.85. The number of sulfonamides is 1. The fourth-order valence-corrected chi connectivity index (χ4v) is 3.00. The van der Waals surface area contributed by atoms with Gasteiger partial charge in [-0.05, 0) is 24.5 Å². The van der Waals surface area contributed by atoms with Gasteiger partial charge in [-0.1, -0.05) is 43.1 Å². The monoisotopic (exact) mass is 366 g/mol. The number of halogens is 2. The van der Waals surface area contributed by atoms with Crippen LogP contribution in [-0.2, 0) is 14.8 Å². The molecule has 0 fully saturated rings. The maximum absolute atomic E-state index is 12.1. The van der Waals surface area contributed by atoms with Crippen molar-refractivity contribution >= 4 is 44.8 Å². The summed E-state index contributed by atoms with van der Waals surface area (Å²) in [5.41, 5.74) is 0.285. The number of amides is 1. The lowest BCUT2D eigenvalue weighted by Crippen LogP contribution is -2.38. The molecule has 1 N–H and O–H groups in total. The van der Waals surface area contributed by atoms with Crippen LogP contribution in [0.5, 0.6) is 0 Å². The predicted octanol–water partition coefficient (Wildman–Crippen LogP) is 3.24. The Morgan fingerprint density at radius 1 is 1.27 bits per heavy atom. The largest absolute Gasteiger partial charge is 0.322 e. The van der Waals surface area contributed by atoms with Crippen molar-refractivity contribution in [2.24, 2.45) is 5.92 Å². The fraction of sp³-hybridized carbons (Fsp3) is 0.500. The van der Waals surface area contributed by atoms with Gasteiger partial charge in [0.1, 0.15) is 0 Å². The second kappa shape index (κ2) is 8.15. The Bertz CT molecular complexity index is 613. The summed E-state index contributed by atoms with van der Waals surface area (Å²) in [7, 11) is -3.46. The number of carbonyl (C=O) groups excluding carboxylic acids is 1. The Kier molecular flexibility index (Phi) is 7.12. The Balaban J connectivity index is 2.79. The first kappa shape index (κ1) is 19.2. The smallest absolute Gasteiger partial charge is 0.239 e. The van der Waals surface area contributed by atoms with E-state index in [4.69, 9.17) is 23.2 Å². The van der Waals surface area contributed by atoms with Crippen molar-refractivity contribution in [1.82, 2.24) is 4.31 Å². The minimum Gasteiger partial charge on any atom is -0.322 e. The lowest BCUT2D eigenvalue weighted by molar-refractivity contribution is -0.116. The number of anilines is 1. The molecule has 22 heavy (non-hydrogen) atoms. The summed E-state index contributed by atoms with van der Waals surface area (Å²) in [6.45, 7) is 4.00. The van der Waals surface area contributed by atoms with E-state index < -0.39 is 15.9 Å². The number of hydrogen-bond donors (Lipinski definition) is 1. The highest BCUT2D eigenvalue weighted by atomic mass is 35.5. The van der Waals surface area contributed by atoms with E-state index in [0.29, 0.717) is 28.9 Å². The van der Waals surface area contributed by atoms with E-state index in [-0.39, 0.29) is 12.2 Å². The molecule has 0 atom stereocenters. The fourth-order valence-electron chi connectivity index (χ4n) is 1.72. The highest BCUT2D eigenvalue weighted by Crippen LogP contribution is 2.29. The third-order valence-electron chi connectivity index (χ3n) is 2.97. The molecule has 0 aliphatic carbocycles. The topological polar surface area (TPSA) is 66.5 Å². The van der Waals surface area contributed by atoms with E-state index in [1.165, 1.54) is 0 Å². The average Bonchev–Trinajstić information content (AvgIpc) is 2.37. The van der Waals surface area contributed by atoms with Crippen molar-refractivity contribution in [2.45, 2.75) is 20.3 Å². The molecule has 1 aromatic carbocycles. The molecule has 0 heterocycles. The summed E-state index contributed by atoms with van der Waals surface area (Å²) >= 11 is 11.9. The van der Waals surface area contributed by atoms with Crippen LogP contribution in [-0.4, -0.2) is 38.0 Å². The predicted molar refractivity (Wildman–Crippen MR) is 91.0 cm³/mol. The summed E-state index contributed by atoms with van der Waals surface area (Å²) in [5.74, 6) is -0.144. The molecular weight excluding hydrogens is 347 g/mol. The molecule has 5 nitrogen and oxygen atoms in total. The Morgan fingerprint density at radius 2 is 1.82 bits per heavy atom. The maximum atomic E-state index is 12.1. The standard InChI is InChI=1S/C14H20Cl2N2O3S/c1-10(2)7-8-18(22(3,20)21)9-13(19)17-14-11(15)5-4-6-12(14)16/h4-6,10H,7-9H2,1-3H3,(H,17,19). The van der Waals surface area contributed by atoms with Crippen molar-refractivity contribution in [3.05, 3.63) is 28.2 Å². The van der Waals surface area contributed by atoms with Crippen molar-refractivity contribution in [3.8, 4) is 0 Å². The first-order valence-electron chi connectivity index (χ1n) is 6.80. The molecule has 1 aromatic rings. The van der Waals surface area contributed by atoms with Gasteiger partial charge in [0.2, 0.25) is 15.9 Å². The molecule has 1 amide bonds. The van der Waals surface area contributed by atoms with Crippen molar-refractivity contribution in [2.75, 3.05) is 24.7 Å². The van der Waals surface area contributed by atoms with Crippen LogP contribution in [0, 0.1) is 5.92 Å². The normalized spacial score (nSPS) is 12.0. The van der Waals surface area contributed by atoms with Crippen molar-refractivity contribution in [3.63, 3.8) is 0 Å². The minimum absolute atomic E-state index is 0.271. The van der Waals surface area contributed by atoms with Gasteiger partial charge in [-0.2, -0.15) is 4.31 Å². The molecule has 0 aromatic heterocycles. The van der Waals surface area contributed by atoms with Gasteiger partial charge >= 0.3 is 0 Å². The summed E-state index contributed by atoms with van der Waals surface area (Å²) in [6, 6.07) is 4.85. The minimum atomic E-state index is -3.46. The highest BCUT2D eigenvalue weighted by Gasteiger charge is 2.21. The van der Waals surface area contributed by atoms with Gasteiger partial charge < -0.3 is 5.32 Å². The number of hydrogen-bond acceptors (Lipinski definition) is 3. The quantitative estimate of drug-likeness (QED) is 0.805. The molecule has 0 aliphatic heterocycles. The van der Waals surface area contributed by atoms with Crippen LogP contribution < -0.4 is 5.32 Å². The van der Waals surface area contributed by atoms with Gasteiger partial charge in [0.25, 0.3) is 0 Å². The number of nitrogens with zero attached hydrogens (tertiary/aromatic N) is 1. The van der Waals surface area contributed by atoms with Crippen LogP contribution in [0.1, 0.15) is 20.3 Å². The molecule has 0 saturated heterocycles. The van der Waals surface area contributed by atoms with Gasteiger partial charge in [-0.15, -0.1) is 0 Å². The Labute approximate surface area is 141 Å². The zero-order chi connectivity index (χ0) is 16.9. The van der Waals surface area contributed by atoms with Crippen LogP contribution in [0.4, 0.5) is 5.69 Å². The molecule has 0 spiro atoms. The molecule has 0 unspecified atom stereocenters. The van der Waals surface area contributed by atoms with E-state index in [1.54, 1.807) is 18.2 Å². The highest BCUT2D eigenvalue weighted by molar-refractivity contribution is 7.88. The molecule has 8 heteroatoms. The second-order valence-electron chi connectivity index (χ2n) is 5.42. The number of benzene rings is 1. The lowest BCUT2D eigenvalue weighted by atomic mass is 10.1. The van der Waals surface area contributed by atoms with Crippen LogP contribution in [0.15, 0.2) is 18.2 Å². The summed E-state index contributed by atoms with van der Waals surface area (Å²) in [5, 5.41) is 3.16. The van der Waals surface area contributed by atoms with Crippen LogP contribution in [0.2, 0.25) is 10.0 Å². The maximum Gasteiger partial charge on any atom is 0.239 e. The summed E-state index contributed by atoms with van der Waals surface area (Å²) in [6.07, 6.45) is 1.76. The van der Waals surface area contributed by atoms with Gasteiger partial charge in [-0.3, -0.25) is 4.79 Å². The van der Waals surface area contributed by atoms with E-state index >= 15 is 0 Å². The molecule has 0 radical (unpaired) electrons. The number of rotatable bonds is 7. The van der Waals surface area contributed by atoms with Gasteiger partial charge in [0, 0.05) is 6.54 Å². The Morgan fingerprint density at radius 3 is 2.27 bits per heavy atom. The molecule has 0 aliphatic rings. The third kappa shape index (κ3) is 6.12.